The van der Waals surface area contributed by atoms with Crippen LogP contribution in [0.25, 0.3) is 10.9 Å². The van der Waals surface area contributed by atoms with Gasteiger partial charge in [-0.25, -0.2) is 0 Å². The van der Waals surface area contributed by atoms with Gasteiger partial charge in [-0.3, -0.25) is 9.48 Å². The summed E-state index contributed by atoms with van der Waals surface area (Å²) >= 11 is 12.3. The van der Waals surface area contributed by atoms with Crippen molar-refractivity contribution in [2.45, 2.75) is 45.6 Å². The molecule has 0 radical (unpaired) electrons. The van der Waals surface area contributed by atoms with Crippen molar-refractivity contribution in [3.8, 4) is 0 Å². The zero-order valence-electron chi connectivity index (χ0n) is 14.8. The lowest BCUT2D eigenvalue weighted by atomic mass is 10.1. The molecule has 5 heteroatoms. The minimum absolute atomic E-state index is 0.109. The van der Waals surface area contributed by atoms with Crippen molar-refractivity contribution in [1.82, 2.24) is 9.78 Å². The van der Waals surface area contributed by atoms with Gasteiger partial charge in [0.15, 0.2) is 5.78 Å². The van der Waals surface area contributed by atoms with Gasteiger partial charge in [-0.1, -0.05) is 73.7 Å². The summed E-state index contributed by atoms with van der Waals surface area (Å²) in [5.41, 5.74) is 2.42. The van der Waals surface area contributed by atoms with E-state index in [1.165, 1.54) is 0 Å². The average molecular weight is 389 g/mol. The number of carbonyl (C=O) groups is 1. The molecule has 0 aliphatic rings. The molecule has 0 N–H and O–H groups in total. The number of para-hydroxylation sites is 1. The molecule has 0 amide bonds. The molecule has 0 atom stereocenters. The summed E-state index contributed by atoms with van der Waals surface area (Å²) in [4.78, 5) is 12.7. The van der Waals surface area contributed by atoms with Crippen LogP contribution < -0.4 is 0 Å². The third-order valence-corrected chi connectivity index (χ3v) is 5.10. The maximum Gasteiger partial charge on any atom is 0.183 e. The first kappa shape index (κ1) is 18.9. The Hall–Kier alpha value is -1.84. The molecule has 26 heavy (non-hydrogen) atoms. The molecule has 0 spiro atoms. The standard InChI is InChI=1S/C21H22Cl2N2O/c1-2-3-4-5-10-20(26)21-17-8-6-7-9-19(17)25(24-21)14-15-11-12-16(22)13-18(15)23/h6-9,11-13H,2-5,10,14H2,1H3. The summed E-state index contributed by atoms with van der Waals surface area (Å²) < 4.78 is 1.85. The second-order valence-electron chi connectivity index (χ2n) is 6.49. The SMILES string of the molecule is CCCCCCC(=O)c1nn(Cc2ccc(Cl)cc2Cl)c2ccccc12. The lowest BCUT2D eigenvalue weighted by Crippen LogP contribution is -2.05. The van der Waals surface area contributed by atoms with E-state index in [1.807, 2.05) is 41.1 Å². The summed E-state index contributed by atoms with van der Waals surface area (Å²) in [7, 11) is 0. The number of Topliss-reactive ketones (excluding diaryl/α,β-unsaturated/α-hetero) is 1. The summed E-state index contributed by atoms with van der Waals surface area (Å²) in [6.07, 6.45) is 4.87. The first-order chi connectivity index (χ1) is 12.6. The van der Waals surface area contributed by atoms with Crippen molar-refractivity contribution < 1.29 is 4.79 Å². The highest BCUT2D eigenvalue weighted by Gasteiger charge is 2.17. The van der Waals surface area contributed by atoms with Crippen molar-refractivity contribution in [2.75, 3.05) is 0 Å². The highest BCUT2D eigenvalue weighted by molar-refractivity contribution is 6.35. The van der Waals surface area contributed by atoms with Crippen molar-refractivity contribution in [2.24, 2.45) is 0 Å². The van der Waals surface area contributed by atoms with Crippen molar-refractivity contribution in [1.29, 1.82) is 0 Å². The van der Waals surface area contributed by atoms with Gasteiger partial charge in [0.1, 0.15) is 5.69 Å². The van der Waals surface area contributed by atoms with Crippen LogP contribution in [0.1, 0.15) is 55.1 Å². The van der Waals surface area contributed by atoms with Crippen molar-refractivity contribution in [3.63, 3.8) is 0 Å². The summed E-state index contributed by atoms with van der Waals surface area (Å²) in [6.45, 7) is 2.67. The molecule has 0 saturated heterocycles. The Bertz CT molecular complexity index is 918. The Morgan fingerprint density at radius 1 is 1.08 bits per heavy atom. The van der Waals surface area contributed by atoms with Crippen LogP contribution in [-0.2, 0) is 6.54 Å². The van der Waals surface area contributed by atoms with Crippen LogP contribution in [0.5, 0.6) is 0 Å². The number of rotatable bonds is 8. The number of benzene rings is 2. The van der Waals surface area contributed by atoms with E-state index in [1.54, 1.807) is 6.07 Å². The number of aromatic nitrogens is 2. The number of fused-ring (bicyclic) bond motifs is 1. The topological polar surface area (TPSA) is 34.9 Å². The monoisotopic (exact) mass is 388 g/mol. The number of unbranched alkanes of at least 4 members (excludes halogenated alkanes) is 3. The smallest absolute Gasteiger partial charge is 0.183 e. The molecule has 0 saturated carbocycles. The van der Waals surface area contributed by atoms with Crippen LogP contribution in [-0.4, -0.2) is 15.6 Å². The van der Waals surface area contributed by atoms with Gasteiger partial charge in [0.2, 0.25) is 0 Å². The van der Waals surface area contributed by atoms with E-state index < -0.39 is 0 Å². The molecule has 0 bridgehead atoms. The Labute approximate surface area is 163 Å². The molecule has 0 unspecified atom stereocenters. The predicted octanol–water partition coefficient (Wildman–Crippen LogP) is 6.54. The molecule has 3 aromatic rings. The van der Waals surface area contributed by atoms with Gasteiger partial charge in [0.25, 0.3) is 0 Å². The van der Waals surface area contributed by atoms with Crippen LogP contribution >= 0.6 is 23.2 Å². The number of ketones is 1. The molecule has 136 valence electrons. The molecular formula is C21H22Cl2N2O. The fraction of sp³-hybridized carbons (Fsp3) is 0.333. The Kier molecular flexibility index (Phi) is 6.33. The normalized spacial score (nSPS) is 11.2. The van der Waals surface area contributed by atoms with Gasteiger partial charge in [-0.15, -0.1) is 0 Å². The molecule has 0 aliphatic heterocycles. The maximum absolute atomic E-state index is 12.7. The van der Waals surface area contributed by atoms with Crippen LogP contribution in [0.4, 0.5) is 0 Å². The first-order valence-electron chi connectivity index (χ1n) is 9.03. The molecule has 3 rings (SSSR count). The van der Waals surface area contributed by atoms with Gasteiger partial charge in [0, 0.05) is 21.9 Å². The molecule has 1 heterocycles. The van der Waals surface area contributed by atoms with Gasteiger partial charge < -0.3 is 0 Å². The van der Waals surface area contributed by atoms with E-state index in [-0.39, 0.29) is 5.78 Å². The first-order valence-corrected chi connectivity index (χ1v) is 9.78. The maximum atomic E-state index is 12.7. The summed E-state index contributed by atoms with van der Waals surface area (Å²) in [5.74, 6) is 0.109. The zero-order valence-corrected chi connectivity index (χ0v) is 16.4. The molecule has 0 fully saturated rings. The quantitative estimate of drug-likeness (QED) is 0.324. The van der Waals surface area contributed by atoms with E-state index in [0.29, 0.717) is 28.7 Å². The summed E-state index contributed by atoms with van der Waals surface area (Å²) in [6, 6.07) is 13.3. The largest absolute Gasteiger partial charge is 0.292 e. The van der Waals surface area contributed by atoms with E-state index in [2.05, 4.69) is 12.0 Å². The second kappa shape index (κ2) is 8.70. The van der Waals surface area contributed by atoms with E-state index in [9.17, 15) is 4.79 Å². The average Bonchev–Trinajstić information content (AvgIpc) is 3.00. The molecule has 3 nitrogen and oxygen atoms in total. The van der Waals surface area contributed by atoms with E-state index in [4.69, 9.17) is 23.2 Å². The number of nitrogens with zero attached hydrogens (tertiary/aromatic N) is 2. The van der Waals surface area contributed by atoms with E-state index in [0.717, 1.165) is 42.1 Å². The minimum Gasteiger partial charge on any atom is -0.292 e. The van der Waals surface area contributed by atoms with E-state index >= 15 is 0 Å². The third-order valence-electron chi connectivity index (χ3n) is 4.51. The fourth-order valence-electron chi connectivity index (χ4n) is 3.10. The molecule has 0 aliphatic carbocycles. The van der Waals surface area contributed by atoms with Gasteiger partial charge in [-0.2, -0.15) is 5.10 Å². The zero-order chi connectivity index (χ0) is 18.5. The van der Waals surface area contributed by atoms with Gasteiger partial charge in [0.05, 0.1) is 12.1 Å². The van der Waals surface area contributed by atoms with Gasteiger partial charge in [-0.05, 0) is 30.2 Å². The highest BCUT2D eigenvalue weighted by Crippen LogP contribution is 2.25. The second-order valence-corrected chi connectivity index (χ2v) is 7.34. The predicted molar refractivity (Wildman–Crippen MR) is 108 cm³/mol. The number of carbonyl (C=O) groups excluding carboxylic acids is 1. The molecular weight excluding hydrogens is 367 g/mol. The number of halogens is 2. The lowest BCUT2D eigenvalue weighted by molar-refractivity contribution is 0.0975. The Morgan fingerprint density at radius 3 is 2.65 bits per heavy atom. The minimum atomic E-state index is 0.109. The Balaban J connectivity index is 1.88. The fourth-order valence-corrected chi connectivity index (χ4v) is 3.56. The number of hydrogen-bond donors (Lipinski definition) is 0. The van der Waals surface area contributed by atoms with Crippen LogP contribution in [0.15, 0.2) is 42.5 Å². The van der Waals surface area contributed by atoms with Crippen LogP contribution in [0.3, 0.4) is 0 Å². The third kappa shape index (κ3) is 4.28. The summed E-state index contributed by atoms with van der Waals surface area (Å²) in [5, 5.41) is 6.73. The van der Waals surface area contributed by atoms with Gasteiger partial charge >= 0.3 is 0 Å². The Morgan fingerprint density at radius 2 is 1.88 bits per heavy atom. The molecule has 1 aromatic heterocycles. The number of hydrogen-bond acceptors (Lipinski definition) is 2. The van der Waals surface area contributed by atoms with Crippen LogP contribution in [0, 0.1) is 0 Å². The van der Waals surface area contributed by atoms with Crippen molar-refractivity contribution >= 4 is 39.9 Å². The molecule has 2 aromatic carbocycles. The highest BCUT2D eigenvalue weighted by atomic mass is 35.5. The lowest BCUT2D eigenvalue weighted by Gasteiger charge is -2.06. The van der Waals surface area contributed by atoms with Crippen LogP contribution in [0.2, 0.25) is 10.0 Å². The van der Waals surface area contributed by atoms with Crippen molar-refractivity contribution in [3.05, 3.63) is 63.8 Å².